The Morgan fingerprint density at radius 2 is 2.08 bits per heavy atom. The second-order valence-corrected chi connectivity index (χ2v) is 6.39. The first-order chi connectivity index (χ1) is 11.5. The highest BCUT2D eigenvalue weighted by Crippen LogP contribution is 2.27. The minimum absolute atomic E-state index is 0.0203. The fourth-order valence-electron chi connectivity index (χ4n) is 2.81. The maximum Gasteiger partial charge on any atom is 0.303 e. The van der Waals surface area contributed by atoms with Crippen LogP contribution in [0.3, 0.4) is 0 Å². The molecule has 0 aromatic carbocycles. The first-order valence-corrected chi connectivity index (χ1v) is 8.99. The maximum absolute atomic E-state index is 12.0. The van der Waals surface area contributed by atoms with E-state index in [2.05, 4.69) is 19.1 Å². The summed E-state index contributed by atoms with van der Waals surface area (Å²) in [6, 6.07) is 0. The molecular weight excluding hydrogens is 304 g/mol. The van der Waals surface area contributed by atoms with E-state index in [1.54, 1.807) is 12.2 Å². The van der Waals surface area contributed by atoms with Gasteiger partial charge >= 0.3 is 5.97 Å². The van der Waals surface area contributed by atoms with Crippen LogP contribution in [0.25, 0.3) is 0 Å². The summed E-state index contributed by atoms with van der Waals surface area (Å²) in [5, 5.41) is 18.5. The van der Waals surface area contributed by atoms with Gasteiger partial charge < -0.3 is 10.2 Å². The van der Waals surface area contributed by atoms with E-state index in [1.807, 2.05) is 12.2 Å². The van der Waals surface area contributed by atoms with Gasteiger partial charge in [-0.1, -0.05) is 50.1 Å². The van der Waals surface area contributed by atoms with E-state index in [0.717, 1.165) is 12.8 Å². The molecule has 24 heavy (non-hydrogen) atoms. The molecule has 0 saturated heterocycles. The maximum atomic E-state index is 12.0. The lowest BCUT2D eigenvalue weighted by molar-refractivity contribution is -0.137. The standard InChI is InChI=1S/C20H30O4/c1-2-3-4-5-6-7-10-18-16(13-15-19(18)22)12-14-17(21)9-8-11-20(23)24/h6-7,12-18,21H,2-5,8-11H2,1H3,(H,23,24)/b7-6-,14-12+/t16-,17-,18-/m0/s1. The summed E-state index contributed by atoms with van der Waals surface area (Å²) < 4.78 is 0. The summed E-state index contributed by atoms with van der Waals surface area (Å²) in [6.45, 7) is 2.18. The van der Waals surface area contributed by atoms with Gasteiger partial charge in [-0.3, -0.25) is 9.59 Å². The van der Waals surface area contributed by atoms with E-state index in [4.69, 9.17) is 5.11 Å². The van der Waals surface area contributed by atoms with E-state index in [9.17, 15) is 14.7 Å². The molecule has 1 aliphatic rings. The van der Waals surface area contributed by atoms with Gasteiger partial charge in [0.05, 0.1) is 6.10 Å². The zero-order valence-corrected chi connectivity index (χ0v) is 14.6. The van der Waals surface area contributed by atoms with Crippen molar-refractivity contribution in [2.45, 2.75) is 64.4 Å². The van der Waals surface area contributed by atoms with Crippen LogP contribution >= 0.6 is 0 Å². The lowest BCUT2D eigenvalue weighted by Crippen LogP contribution is -2.14. The number of hydrogen-bond donors (Lipinski definition) is 2. The molecule has 1 aliphatic carbocycles. The van der Waals surface area contributed by atoms with Crippen LogP contribution in [0.2, 0.25) is 0 Å². The molecule has 0 aromatic heterocycles. The lowest BCUT2D eigenvalue weighted by atomic mass is 9.90. The Kier molecular flexibility index (Phi) is 10.0. The minimum atomic E-state index is -0.846. The second kappa shape index (κ2) is 11.8. The number of rotatable bonds is 12. The average Bonchev–Trinajstić information content (AvgIpc) is 2.89. The van der Waals surface area contributed by atoms with Crippen LogP contribution in [-0.2, 0) is 9.59 Å². The predicted molar refractivity (Wildman–Crippen MR) is 95.7 cm³/mol. The number of ketones is 1. The zero-order valence-electron chi connectivity index (χ0n) is 14.6. The number of carboxylic acids is 1. The third-order valence-electron chi connectivity index (χ3n) is 4.29. The topological polar surface area (TPSA) is 74.6 Å². The molecule has 0 aromatic rings. The van der Waals surface area contributed by atoms with Crippen molar-refractivity contribution in [1.82, 2.24) is 0 Å². The van der Waals surface area contributed by atoms with Gasteiger partial charge in [0.1, 0.15) is 0 Å². The number of aliphatic carboxylic acids is 1. The normalized spacial score (nSPS) is 22.0. The van der Waals surface area contributed by atoms with Crippen molar-refractivity contribution in [3.8, 4) is 0 Å². The van der Waals surface area contributed by atoms with Crippen LogP contribution in [0.5, 0.6) is 0 Å². The molecule has 0 heterocycles. The number of hydrogen-bond acceptors (Lipinski definition) is 3. The van der Waals surface area contributed by atoms with Crippen molar-refractivity contribution >= 4 is 11.8 Å². The van der Waals surface area contributed by atoms with E-state index in [0.29, 0.717) is 12.8 Å². The largest absolute Gasteiger partial charge is 0.481 e. The number of allylic oxidation sites excluding steroid dienone is 5. The van der Waals surface area contributed by atoms with Gasteiger partial charge in [-0.25, -0.2) is 0 Å². The van der Waals surface area contributed by atoms with Gasteiger partial charge in [0, 0.05) is 18.3 Å². The Labute approximate surface area is 145 Å². The number of carboxylic acid groups (broad SMARTS) is 1. The smallest absolute Gasteiger partial charge is 0.303 e. The second-order valence-electron chi connectivity index (χ2n) is 6.39. The zero-order chi connectivity index (χ0) is 17.8. The van der Waals surface area contributed by atoms with Gasteiger partial charge in [0.2, 0.25) is 0 Å². The van der Waals surface area contributed by atoms with Crippen molar-refractivity contribution in [3.63, 3.8) is 0 Å². The van der Waals surface area contributed by atoms with Crippen LogP contribution < -0.4 is 0 Å². The molecule has 3 atom stereocenters. The number of carbonyl (C=O) groups excluding carboxylic acids is 1. The summed E-state index contributed by atoms with van der Waals surface area (Å²) in [7, 11) is 0. The fourth-order valence-corrected chi connectivity index (χ4v) is 2.81. The van der Waals surface area contributed by atoms with Crippen molar-refractivity contribution in [3.05, 3.63) is 36.5 Å². The summed E-state index contributed by atoms with van der Waals surface area (Å²) in [5.41, 5.74) is 0. The Morgan fingerprint density at radius 1 is 1.29 bits per heavy atom. The molecule has 1 rings (SSSR count). The average molecular weight is 334 g/mol. The molecule has 4 heteroatoms. The molecule has 0 spiro atoms. The number of aliphatic hydroxyl groups is 1. The van der Waals surface area contributed by atoms with Gasteiger partial charge in [0.15, 0.2) is 5.78 Å². The van der Waals surface area contributed by atoms with Crippen molar-refractivity contribution in [2.24, 2.45) is 11.8 Å². The van der Waals surface area contributed by atoms with Gasteiger partial charge in [-0.15, -0.1) is 0 Å². The lowest BCUT2D eigenvalue weighted by Gasteiger charge is -2.13. The first-order valence-electron chi connectivity index (χ1n) is 8.99. The molecule has 0 aliphatic heterocycles. The van der Waals surface area contributed by atoms with Gasteiger partial charge in [0.25, 0.3) is 0 Å². The van der Waals surface area contributed by atoms with Crippen LogP contribution in [0.4, 0.5) is 0 Å². The molecule has 134 valence electrons. The summed E-state index contributed by atoms with van der Waals surface area (Å²) >= 11 is 0. The van der Waals surface area contributed by atoms with Crippen molar-refractivity contribution < 1.29 is 19.8 Å². The Bertz CT molecular complexity index is 476. The molecule has 0 amide bonds. The van der Waals surface area contributed by atoms with E-state index < -0.39 is 12.1 Å². The van der Waals surface area contributed by atoms with E-state index >= 15 is 0 Å². The first kappa shape index (κ1) is 20.4. The van der Waals surface area contributed by atoms with Crippen LogP contribution in [0.15, 0.2) is 36.5 Å². The molecule has 0 bridgehead atoms. The van der Waals surface area contributed by atoms with Gasteiger partial charge in [-0.05, 0) is 38.2 Å². The monoisotopic (exact) mass is 334 g/mol. The van der Waals surface area contributed by atoms with Gasteiger partial charge in [-0.2, -0.15) is 0 Å². The fraction of sp³-hybridized carbons (Fsp3) is 0.600. The summed E-state index contributed by atoms with van der Waals surface area (Å²) in [4.78, 5) is 22.4. The number of carbonyl (C=O) groups is 2. The van der Waals surface area contributed by atoms with Crippen molar-refractivity contribution in [2.75, 3.05) is 0 Å². The highest BCUT2D eigenvalue weighted by molar-refractivity contribution is 5.95. The third-order valence-corrected chi connectivity index (χ3v) is 4.29. The molecule has 0 fully saturated rings. The summed E-state index contributed by atoms with van der Waals surface area (Å²) in [5.74, 6) is -0.758. The Morgan fingerprint density at radius 3 is 2.79 bits per heavy atom. The highest BCUT2D eigenvalue weighted by Gasteiger charge is 2.27. The summed E-state index contributed by atoms with van der Waals surface area (Å²) in [6.07, 6.45) is 17.0. The van der Waals surface area contributed by atoms with E-state index in [-0.39, 0.29) is 24.0 Å². The SMILES string of the molecule is CCCCC/C=C\C[C@@H]1C(=O)C=C[C@@H]1/C=C/[C@@H](O)CCCC(=O)O. The minimum Gasteiger partial charge on any atom is -0.481 e. The molecule has 4 nitrogen and oxygen atoms in total. The molecule has 0 saturated carbocycles. The quantitative estimate of drug-likeness (QED) is 0.417. The highest BCUT2D eigenvalue weighted by atomic mass is 16.4. The Balaban J connectivity index is 2.39. The van der Waals surface area contributed by atoms with Crippen LogP contribution in [0, 0.1) is 11.8 Å². The molecular formula is C20H30O4. The number of aliphatic hydroxyl groups excluding tert-OH is 1. The van der Waals surface area contributed by atoms with Crippen LogP contribution in [-0.4, -0.2) is 28.1 Å². The molecule has 0 unspecified atom stereocenters. The van der Waals surface area contributed by atoms with Crippen LogP contribution in [0.1, 0.15) is 58.3 Å². The van der Waals surface area contributed by atoms with E-state index in [1.165, 1.54) is 19.3 Å². The third kappa shape index (κ3) is 8.25. The number of unbranched alkanes of at least 4 members (excludes halogenated alkanes) is 3. The predicted octanol–water partition coefficient (Wildman–Crippen LogP) is 4.06. The molecule has 2 N–H and O–H groups in total. The molecule has 0 radical (unpaired) electrons. The Hall–Kier alpha value is -1.68. The van der Waals surface area contributed by atoms with Crippen molar-refractivity contribution in [1.29, 1.82) is 0 Å².